The number of unbranched alkanes of at least 4 members (excludes halogenated alkanes) is 2. The highest BCUT2D eigenvalue weighted by Crippen LogP contribution is 2.27. The van der Waals surface area contributed by atoms with Crippen molar-refractivity contribution in [3.8, 4) is 5.75 Å². The molecule has 1 atom stereocenters. The number of H-pyrrole nitrogens is 1. The summed E-state index contributed by atoms with van der Waals surface area (Å²) in [4.78, 5) is 52.9. The molecule has 1 aromatic heterocycles. The molecule has 2 aromatic rings. The van der Waals surface area contributed by atoms with Crippen LogP contribution in [0.3, 0.4) is 0 Å². The number of aryl methyl sites for hydroxylation is 1. The molecule has 1 aliphatic heterocycles. The number of amides is 1. The van der Waals surface area contributed by atoms with Crippen LogP contribution in [0.5, 0.6) is 5.75 Å². The summed E-state index contributed by atoms with van der Waals surface area (Å²) in [6.07, 6.45) is 1.06. The number of carbonyl (C=O) groups excluding carboxylic acids is 4. The summed E-state index contributed by atoms with van der Waals surface area (Å²) >= 11 is 0. The van der Waals surface area contributed by atoms with E-state index in [0.29, 0.717) is 30.8 Å². The standard InChI is InChI=1S/C26H34N4O4.C2HF3O2/c1-5-18(32)9-7-6-8-10-23(26-27-15-24(30-26)17(3)31)29-25(33)14-20-16(2)28-22-12-11-19(34-4)13-21(20)22;3-2(4,5)1(6)7/h11-13,15,23,28H,5-10,14H2,1-4H3,(H,27,30)(H,29,33);(H,6,7)/t23-;/m0./s1. The van der Waals surface area contributed by atoms with E-state index in [0.717, 1.165) is 47.2 Å². The second-order valence-electron chi connectivity index (χ2n) is 9.55. The van der Waals surface area contributed by atoms with E-state index in [2.05, 4.69) is 15.3 Å². The minimum atomic E-state index is -5.19. The Hall–Kier alpha value is -4.00. The number of nitrogens with zero attached hydrogens (tertiary/aromatic N) is 1. The second kappa shape index (κ2) is 15.1. The third-order valence-electron chi connectivity index (χ3n) is 6.49. The Balaban J connectivity index is 0.000000745. The Kier molecular flexibility index (Phi) is 12.2. The number of carboxylic acid groups (broad SMARTS) is 1. The van der Waals surface area contributed by atoms with Crippen molar-refractivity contribution in [2.45, 2.75) is 77.9 Å². The molecule has 0 saturated carbocycles. The quantitative estimate of drug-likeness (QED) is 0.308. The lowest BCUT2D eigenvalue weighted by molar-refractivity contribution is -0.477. The highest BCUT2D eigenvalue weighted by atomic mass is 19.4. The van der Waals surface area contributed by atoms with Crippen LogP contribution < -0.4 is 20.5 Å². The van der Waals surface area contributed by atoms with E-state index in [1.807, 2.05) is 32.0 Å². The van der Waals surface area contributed by atoms with Crippen LogP contribution >= 0.6 is 0 Å². The maximum absolute atomic E-state index is 13.1. The maximum atomic E-state index is 13.1. The number of allylic oxidation sites excluding steroid dienone is 1. The van der Waals surface area contributed by atoms with Crippen LogP contribution in [0.4, 0.5) is 13.2 Å². The lowest BCUT2D eigenvalue weighted by Gasteiger charge is -2.17. The molecule has 0 saturated heterocycles. The molecule has 1 aliphatic rings. The van der Waals surface area contributed by atoms with E-state index in [4.69, 9.17) is 14.6 Å². The van der Waals surface area contributed by atoms with Crippen molar-refractivity contribution in [2.24, 2.45) is 4.99 Å². The van der Waals surface area contributed by atoms with Gasteiger partial charge in [0.2, 0.25) is 17.5 Å². The van der Waals surface area contributed by atoms with Gasteiger partial charge in [0.05, 0.1) is 19.7 Å². The molecular weight excluding hydrogens is 545 g/mol. The molecule has 0 radical (unpaired) electrons. The molecule has 4 N–H and O–H groups in total. The smallest absolute Gasteiger partial charge is 0.430 e. The van der Waals surface area contributed by atoms with Gasteiger partial charge in [-0.05, 0) is 43.5 Å². The number of carbonyl (C=O) groups is 4. The van der Waals surface area contributed by atoms with Gasteiger partial charge in [-0.15, -0.1) is 0 Å². The number of rotatable bonds is 13. The number of ether oxygens (including phenoxy) is 1. The topological polar surface area (TPSA) is 157 Å². The molecule has 13 heteroatoms. The summed E-state index contributed by atoms with van der Waals surface area (Å²) in [5, 5.41) is 14.6. The predicted octanol–water partition coefficient (Wildman–Crippen LogP) is 2.15. The normalized spacial score (nSPS) is 13.5. The first-order chi connectivity index (χ1) is 19.3. The van der Waals surface area contributed by atoms with Crippen molar-refractivity contribution in [2.75, 3.05) is 7.11 Å². The first-order valence-corrected chi connectivity index (χ1v) is 13.1. The monoisotopic (exact) mass is 580 g/mol. The summed E-state index contributed by atoms with van der Waals surface area (Å²) in [6.45, 7) is 5.35. The third kappa shape index (κ3) is 10.2. The number of ketones is 2. The number of methoxy groups -OCH3 is 1. The number of carboxylic acids is 1. The molecular formula is C28H35F3N4O6. The van der Waals surface area contributed by atoms with E-state index < -0.39 is 12.1 Å². The summed E-state index contributed by atoms with van der Waals surface area (Å²) in [7, 11) is 1.62. The molecule has 224 valence electrons. The number of hydrogen-bond donors (Lipinski definition) is 3. The number of aliphatic carboxylic acids is 1. The van der Waals surface area contributed by atoms with Crippen LogP contribution in [0, 0.1) is 6.92 Å². The summed E-state index contributed by atoms with van der Waals surface area (Å²) in [5.74, 6) is -1.45. The number of alkyl halides is 3. The number of aromatic amines is 1. The van der Waals surface area contributed by atoms with Gasteiger partial charge in [-0.2, -0.15) is 13.2 Å². The lowest BCUT2D eigenvalue weighted by atomic mass is 10.0. The number of nitrogens with one attached hydrogen (secondary N) is 2. The van der Waals surface area contributed by atoms with Crippen LogP contribution in [0.2, 0.25) is 0 Å². The van der Waals surface area contributed by atoms with Gasteiger partial charge in [0.15, 0.2) is 5.70 Å². The van der Waals surface area contributed by atoms with Crippen molar-refractivity contribution in [1.29, 1.82) is 0 Å². The number of nitrogens with two attached hydrogens (primary N) is 1. The van der Waals surface area contributed by atoms with Crippen LogP contribution in [-0.2, 0) is 25.6 Å². The number of hydrogen-bond acceptors (Lipinski definition) is 7. The number of halogens is 3. The van der Waals surface area contributed by atoms with E-state index in [1.165, 1.54) is 6.92 Å². The Labute approximate surface area is 235 Å². The lowest BCUT2D eigenvalue weighted by Crippen LogP contribution is -2.89. The SMILES string of the molecule is CCC(=O)CCCCC[C@H](NC(=O)Cc1c(C)[nH]c2ccc(OC)cc12)C1=NC=C(C(C)=O)[NH2+]1.O=C([O-])C(F)(F)F. The Morgan fingerprint density at radius 3 is 2.41 bits per heavy atom. The van der Waals surface area contributed by atoms with Crippen molar-refractivity contribution < 1.29 is 47.5 Å². The largest absolute Gasteiger partial charge is 0.542 e. The number of fused-ring (bicyclic) bond motifs is 1. The average molecular weight is 581 g/mol. The average Bonchev–Trinajstić information content (AvgIpc) is 3.52. The van der Waals surface area contributed by atoms with Crippen LogP contribution in [0.25, 0.3) is 10.9 Å². The molecule has 0 spiro atoms. The number of Topliss-reactive ketones (excluding diaryl/α,β-unsaturated/α-hetero) is 2. The third-order valence-corrected chi connectivity index (χ3v) is 6.49. The van der Waals surface area contributed by atoms with Gasteiger partial charge in [-0.25, -0.2) is 4.99 Å². The molecule has 1 amide bonds. The van der Waals surface area contributed by atoms with E-state index in [-0.39, 0.29) is 29.9 Å². The minimum Gasteiger partial charge on any atom is -0.542 e. The summed E-state index contributed by atoms with van der Waals surface area (Å²) in [6, 6.07) is 5.49. The van der Waals surface area contributed by atoms with Crippen molar-refractivity contribution in [3.05, 3.63) is 41.4 Å². The second-order valence-corrected chi connectivity index (χ2v) is 9.55. The number of quaternary nitrogens is 1. The Morgan fingerprint density at radius 2 is 1.85 bits per heavy atom. The minimum absolute atomic E-state index is 0.0507. The van der Waals surface area contributed by atoms with E-state index >= 15 is 0 Å². The van der Waals surface area contributed by atoms with Gasteiger partial charge < -0.3 is 24.9 Å². The van der Waals surface area contributed by atoms with Crippen molar-refractivity contribution in [1.82, 2.24) is 10.3 Å². The van der Waals surface area contributed by atoms with Crippen molar-refractivity contribution in [3.63, 3.8) is 0 Å². The van der Waals surface area contributed by atoms with Gasteiger partial charge in [0.1, 0.15) is 23.5 Å². The fourth-order valence-corrected chi connectivity index (χ4v) is 4.20. The number of aromatic nitrogens is 1. The van der Waals surface area contributed by atoms with Crippen molar-refractivity contribution >= 4 is 40.2 Å². The first-order valence-electron chi connectivity index (χ1n) is 13.1. The molecule has 1 aromatic carbocycles. The van der Waals surface area contributed by atoms with Crippen LogP contribution in [-0.4, -0.2) is 53.6 Å². The predicted molar refractivity (Wildman–Crippen MR) is 143 cm³/mol. The molecule has 0 aliphatic carbocycles. The molecule has 0 bridgehead atoms. The molecule has 0 unspecified atom stereocenters. The van der Waals surface area contributed by atoms with Crippen LogP contribution in [0.15, 0.2) is 35.1 Å². The Morgan fingerprint density at radius 1 is 1.17 bits per heavy atom. The zero-order chi connectivity index (χ0) is 30.7. The zero-order valence-corrected chi connectivity index (χ0v) is 23.4. The number of benzene rings is 1. The summed E-state index contributed by atoms with van der Waals surface area (Å²) in [5.41, 5.74) is 3.38. The van der Waals surface area contributed by atoms with Crippen LogP contribution in [0.1, 0.15) is 63.6 Å². The fraction of sp³-hybridized carbons (Fsp3) is 0.464. The number of amidine groups is 1. The van der Waals surface area contributed by atoms with E-state index in [1.54, 1.807) is 18.6 Å². The van der Waals surface area contributed by atoms with E-state index in [9.17, 15) is 27.6 Å². The highest BCUT2D eigenvalue weighted by molar-refractivity contribution is 5.97. The summed E-state index contributed by atoms with van der Waals surface area (Å²) < 4.78 is 36.9. The molecule has 3 rings (SSSR count). The zero-order valence-electron chi connectivity index (χ0n) is 23.4. The first kappa shape index (κ1) is 33.2. The highest BCUT2D eigenvalue weighted by Gasteiger charge is 2.29. The van der Waals surface area contributed by atoms with Gasteiger partial charge in [-0.1, -0.05) is 19.8 Å². The van der Waals surface area contributed by atoms with Gasteiger partial charge >= 0.3 is 6.18 Å². The maximum Gasteiger partial charge on any atom is 0.430 e. The molecule has 2 heterocycles. The van der Waals surface area contributed by atoms with Gasteiger partial charge in [0, 0.05) is 36.4 Å². The fourth-order valence-electron chi connectivity index (χ4n) is 4.20. The molecule has 41 heavy (non-hydrogen) atoms. The van der Waals surface area contributed by atoms with Gasteiger partial charge in [0.25, 0.3) is 0 Å². The molecule has 10 nitrogen and oxygen atoms in total. The molecule has 0 fully saturated rings. The van der Waals surface area contributed by atoms with Gasteiger partial charge in [-0.3, -0.25) is 19.7 Å². The Bertz CT molecular complexity index is 1330. The number of aliphatic imine (C=N–C) groups is 1.